The summed E-state index contributed by atoms with van der Waals surface area (Å²) in [6, 6.07) is 7.73. The van der Waals surface area contributed by atoms with Crippen molar-refractivity contribution in [3.8, 4) is 0 Å². The van der Waals surface area contributed by atoms with E-state index in [1.165, 1.54) is 5.56 Å². The Morgan fingerprint density at radius 1 is 1.32 bits per heavy atom. The first-order valence-corrected chi connectivity index (χ1v) is 6.18. The molecule has 0 radical (unpaired) electrons. The number of hydrogen-bond donors (Lipinski definition) is 2. The Bertz CT molecular complexity index is 545. The Morgan fingerprint density at radius 3 is 2.68 bits per heavy atom. The number of anilines is 1. The Kier molecular flexibility index (Phi) is 4.30. The van der Waals surface area contributed by atoms with E-state index in [1.54, 1.807) is 6.20 Å². The lowest BCUT2D eigenvalue weighted by atomic mass is 10.2. The molecular formula is C14H18N4O. The van der Waals surface area contributed by atoms with Crippen LogP contribution in [0.25, 0.3) is 0 Å². The summed E-state index contributed by atoms with van der Waals surface area (Å²) in [6.45, 7) is 2.85. The van der Waals surface area contributed by atoms with Crippen LogP contribution in [0.15, 0.2) is 36.7 Å². The summed E-state index contributed by atoms with van der Waals surface area (Å²) < 4.78 is 1.92. The molecule has 0 saturated heterocycles. The topological polar surface area (TPSA) is 59.0 Å². The number of aryl methyl sites for hydroxylation is 2. The predicted octanol–water partition coefficient (Wildman–Crippen LogP) is 1.46. The van der Waals surface area contributed by atoms with Gasteiger partial charge in [-0.3, -0.25) is 4.79 Å². The lowest BCUT2D eigenvalue weighted by molar-refractivity contribution is -0.115. The molecule has 0 fully saturated rings. The number of imidazole rings is 1. The molecule has 0 bridgehead atoms. The summed E-state index contributed by atoms with van der Waals surface area (Å²) in [5.41, 5.74) is 1.99. The van der Waals surface area contributed by atoms with E-state index in [0.29, 0.717) is 6.54 Å². The standard InChI is InChI=1S/C14H18N4O/c1-11-3-5-12(6-4-11)17-14(19)10-15-9-13-16-7-8-18(13)2/h3-8,15H,9-10H2,1-2H3,(H,17,19). The molecule has 5 heteroatoms. The van der Waals surface area contributed by atoms with Gasteiger partial charge in [-0.05, 0) is 19.1 Å². The van der Waals surface area contributed by atoms with Crippen LogP contribution in [0.3, 0.4) is 0 Å². The second-order valence-corrected chi connectivity index (χ2v) is 4.47. The van der Waals surface area contributed by atoms with E-state index in [0.717, 1.165) is 11.5 Å². The highest BCUT2D eigenvalue weighted by molar-refractivity contribution is 5.92. The third-order valence-electron chi connectivity index (χ3n) is 2.82. The highest BCUT2D eigenvalue weighted by atomic mass is 16.1. The van der Waals surface area contributed by atoms with Gasteiger partial charge in [0.15, 0.2) is 0 Å². The van der Waals surface area contributed by atoms with Gasteiger partial charge in [0.2, 0.25) is 5.91 Å². The van der Waals surface area contributed by atoms with E-state index in [9.17, 15) is 4.79 Å². The van der Waals surface area contributed by atoms with E-state index < -0.39 is 0 Å². The third kappa shape index (κ3) is 3.93. The Morgan fingerprint density at radius 2 is 2.05 bits per heavy atom. The fraction of sp³-hybridized carbons (Fsp3) is 0.286. The first-order chi connectivity index (χ1) is 9.15. The molecule has 1 heterocycles. The smallest absolute Gasteiger partial charge is 0.238 e. The monoisotopic (exact) mass is 258 g/mol. The van der Waals surface area contributed by atoms with Gasteiger partial charge in [-0.1, -0.05) is 17.7 Å². The van der Waals surface area contributed by atoms with Crippen molar-refractivity contribution in [2.45, 2.75) is 13.5 Å². The quantitative estimate of drug-likeness (QED) is 0.853. The SMILES string of the molecule is Cc1ccc(NC(=O)CNCc2nccn2C)cc1. The zero-order chi connectivity index (χ0) is 13.7. The summed E-state index contributed by atoms with van der Waals surface area (Å²) in [6.07, 6.45) is 3.62. The highest BCUT2D eigenvalue weighted by Crippen LogP contribution is 2.07. The fourth-order valence-corrected chi connectivity index (χ4v) is 1.70. The van der Waals surface area contributed by atoms with Crippen LogP contribution < -0.4 is 10.6 Å². The normalized spacial score (nSPS) is 10.4. The average Bonchev–Trinajstić information content (AvgIpc) is 2.78. The number of nitrogens with one attached hydrogen (secondary N) is 2. The van der Waals surface area contributed by atoms with E-state index in [-0.39, 0.29) is 12.5 Å². The number of rotatable bonds is 5. The molecule has 0 spiro atoms. The number of carbonyl (C=O) groups is 1. The molecule has 2 N–H and O–H groups in total. The zero-order valence-electron chi connectivity index (χ0n) is 11.2. The van der Waals surface area contributed by atoms with Crippen molar-refractivity contribution in [1.29, 1.82) is 0 Å². The second kappa shape index (κ2) is 6.15. The first kappa shape index (κ1) is 13.3. The molecule has 19 heavy (non-hydrogen) atoms. The molecule has 0 aliphatic rings. The third-order valence-corrected chi connectivity index (χ3v) is 2.82. The van der Waals surface area contributed by atoms with Gasteiger partial charge in [-0.2, -0.15) is 0 Å². The van der Waals surface area contributed by atoms with Crippen molar-refractivity contribution in [2.24, 2.45) is 7.05 Å². The number of amides is 1. The van der Waals surface area contributed by atoms with Gasteiger partial charge in [-0.25, -0.2) is 4.98 Å². The Labute approximate surface area is 112 Å². The van der Waals surface area contributed by atoms with E-state index >= 15 is 0 Å². The van der Waals surface area contributed by atoms with Crippen LogP contribution in [-0.4, -0.2) is 22.0 Å². The maximum Gasteiger partial charge on any atom is 0.238 e. The van der Waals surface area contributed by atoms with Crippen LogP contribution >= 0.6 is 0 Å². The molecule has 2 aromatic rings. The lowest BCUT2D eigenvalue weighted by Crippen LogP contribution is -2.28. The molecule has 2 rings (SSSR count). The zero-order valence-corrected chi connectivity index (χ0v) is 11.2. The summed E-state index contributed by atoms with van der Waals surface area (Å²) in [5.74, 6) is 0.848. The molecule has 0 saturated carbocycles. The molecule has 1 aromatic heterocycles. The fourth-order valence-electron chi connectivity index (χ4n) is 1.70. The maximum absolute atomic E-state index is 11.7. The van der Waals surface area contributed by atoms with Gasteiger partial charge in [0.05, 0.1) is 13.1 Å². The van der Waals surface area contributed by atoms with Gasteiger partial charge in [0.25, 0.3) is 0 Å². The largest absolute Gasteiger partial charge is 0.337 e. The minimum Gasteiger partial charge on any atom is -0.337 e. The molecule has 1 aromatic carbocycles. The van der Waals surface area contributed by atoms with Gasteiger partial charge in [0, 0.05) is 25.1 Å². The number of carbonyl (C=O) groups excluding carboxylic acids is 1. The summed E-state index contributed by atoms with van der Waals surface area (Å²) in [4.78, 5) is 15.9. The molecule has 100 valence electrons. The van der Waals surface area contributed by atoms with Crippen LogP contribution in [0, 0.1) is 6.92 Å². The number of hydrogen-bond acceptors (Lipinski definition) is 3. The van der Waals surface area contributed by atoms with Gasteiger partial charge in [0.1, 0.15) is 5.82 Å². The van der Waals surface area contributed by atoms with Crippen LogP contribution in [-0.2, 0) is 18.4 Å². The molecule has 1 amide bonds. The first-order valence-electron chi connectivity index (χ1n) is 6.18. The molecule has 0 aliphatic carbocycles. The highest BCUT2D eigenvalue weighted by Gasteiger charge is 2.03. The molecule has 0 aliphatic heterocycles. The van der Waals surface area contributed by atoms with E-state index in [2.05, 4.69) is 15.6 Å². The molecule has 0 unspecified atom stereocenters. The van der Waals surface area contributed by atoms with Gasteiger partial charge < -0.3 is 15.2 Å². The minimum absolute atomic E-state index is 0.0573. The maximum atomic E-state index is 11.7. The number of nitrogens with zero attached hydrogens (tertiary/aromatic N) is 2. The average molecular weight is 258 g/mol. The van der Waals surface area contributed by atoms with Crippen molar-refractivity contribution in [1.82, 2.24) is 14.9 Å². The van der Waals surface area contributed by atoms with Crippen molar-refractivity contribution >= 4 is 11.6 Å². The van der Waals surface area contributed by atoms with Crippen LogP contribution in [0.1, 0.15) is 11.4 Å². The summed E-state index contributed by atoms with van der Waals surface area (Å²) in [7, 11) is 1.93. The van der Waals surface area contributed by atoms with Gasteiger partial charge in [-0.15, -0.1) is 0 Å². The Hall–Kier alpha value is -2.14. The predicted molar refractivity (Wildman–Crippen MR) is 74.7 cm³/mol. The number of aromatic nitrogens is 2. The van der Waals surface area contributed by atoms with Crippen LogP contribution in [0.2, 0.25) is 0 Å². The lowest BCUT2D eigenvalue weighted by Gasteiger charge is -2.07. The van der Waals surface area contributed by atoms with E-state index in [1.807, 2.05) is 49.0 Å². The molecule has 0 atom stereocenters. The van der Waals surface area contributed by atoms with Crippen molar-refractivity contribution in [3.63, 3.8) is 0 Å². The minimum atomic E-state index is -0.0573. The van der Waals surface area contributed by atoms with Crippen LogP contribution in [0.4, 0.5) is 5.69 Å². The van der Waals surface area contributed by atoms with Gasteiger partial charge >= 0.3 is 0 Å². The second-order valence-electron chi connectivity index (χ2n) is 4.47. The van der Waals surface area contributed by atoms with E-state index in [4.69, 9.17) is 0 Å². The molecular weight excluding hydrogens is 240 g/mol. The van der Waals surface area contributed by atoms with Crippen molar-refractivity contribution in [2.75, 3.05) is 11.9 Å². The Balaban J connectivity index is 1.76. The summed E-state index contributed by atoms with van der Waals surface area (Å²) >= 11 is 0. The van der Waals surface area contributed by atoms with Crippen molar-refractivity contribution < 1.29 is 4.79 Å². The summed E-state index contributed by atoms with van der Waals surface area (Å²) in [5, 5.41) is 5.90. The van der Waals surface area contributed by atoms with Crippen molar-refractivity contribution in [3.05, 3.63) is 48.0 Å². The number of benzene rings is 1. The molecule has 5 nitrogen and oxygen atoms in total. The van der Waals surface area contributed by atoms with Crippen LogP contribution in [0.5, 0.6) is 0 Å².